The monoisotopic (exact) mass is 251 g/mol. The Morgan fingerprint density at radius 3 is 3.00 bits per heavy atom. The van der Waals surface area contributed by atoms with Crippen LogP contribution in [-0.4, -0.2) is 27.8 Å². The van der Waals surface area contributed by atoms with Crippen molar-refractivity contribution >= 4 is 17.6 Å². The maximum atomic E-state index is 11.3. The third-order valence-electron chi connectivity index (χ3n) is 2.27. The molecular weight excluding hydrogens is 242 g/mol. The molecule has 5 nitrogen and oxygen atoms in total. The Balaban J connectivity index is 2.41. The average Bonchev–Trinajstić information content (AvgIpc) is 2.82. The number of hydrogen-bond acceptors (Lipinski definition) is 4. The van der Waals surface area contributed by atoms with Crippen molar-refractivity contribution in [1.29, 1.82) is 0 Å². The van der Waals surface area contributed by atoms with Crippen molar-refractivity contribution in [2.75, 3.05) is 7.11 Å². The number of methoxy groups -OCH3 is 1. The highest BCUT2D eigenvalue weighted by Crippen LogP contribution is 2.19. The largest absolute Gasteiger partial charge is 0.469 e. The van der Waals surface area contributed by atoms with Gasteiger partial charge in [-0.25, -0.2) is 9.67 Å². The molecule has 0 atom stereocenters. The first-order valence-electron chi connectivity index (χ1n) is 4.91. The van der Waals surface area contributed by atoms with Crippen LogP contribution in [0.2, 0.25) is 5.02 Å². The number of aromatic nitrogens is 3. The van der Waals surface area contributed by atoms with E-state index in [9.17, 15) is 4.79 Å². The molecule has 0 saturated heterocycles. The number of esters is 1. The van der Waals surface area contributed by atoms with Gasteiger partial charge in [0.05, 0.1) is 19.2 Å². The van der Waals surface area contributed by atoms with E-state index in [1.807, 2.05) is 0 Å². The number of halogens is 1. The van der Waals surface area contributed by atoms with Crippen LogP contribution in [0.3, 0.4) is 0 Å². The molecule has 0 spiro atoms. The topological polar surface area (TPSA) is 57.0 Å². The van der Waals surface area contributed by atoms with Gasteiger partial charge < -0.3 is 4.74 Å². The van der Waals surface area contributed by atoms with E-state index >= 15 is 0 Å². The van der Waals surface area contributed by atoms with Crippen LogP contribution in [0.1, 0.15) is 5.56 Å². The van der Waals surface area contributed by atoms with E-state index in [1.54, 1.807) is 29.2 Å². The molecule has 17 heavy (non-hydrogen) atoms. The highest BCUT2D eigenvalue weighted by Gasteiger charge is 2.10. The Bertz CT molecular complexity index is 526. The van der Waals surface area contributed by atoms with E-state index in [2.05, 4.69) is 14.8 Å². The first-order valence-corrected chi connectivity index (χ1v) is 5.28. The summed E-state index contributed by atoms with van der Waals surface area (Å²) in [7, 11) is 1.35. The Labute approximate surface area is 103 Å². The van der Waals surface area contributed by atoms with Gasteiger partial charge in [-0.15, -0.1) is 0 Å². The molecule has 1 aromatic carbocycles. The lowest BCUT2D eigenvalue weighted by molar-refractivity contribution is -0.139. The van der Waals surface area contributed by atoms with E-state index in [-0.39, 0.29) is 12.4 Å². The zero-order valence-electron chi connectivity index (χ0n) is 9.13. The lowest BCUT2D eigenvalue weighted by Gasteiger charge is -2.08. The van der Waals surface area contributed by atoms with E-state index in [1.165, 1.54) is 13.4 Å². The van der Waals surface area contributed by atoms with Gasteiger partial charge >= 0.3 is 5.97 Å². The summed E-state index contributed by atoms with van der Waals surface area (Å²) < 4.78 is 6.22. The summed E-state index contributed by atoms with van der Waals surface area (Å²) >= 11 is 5.91. The molecule has 0 radical (unpaired) electrons. The van der Waals surface area contributed by atoms with Gasteiger partial charge in [-0.1, -0.05) is 11.6 Å². The average molecular weight is 252 g/mol. The lowest BCUT2D eigenvalue weighted by Crippen LogP contribution is -2.08. The molecule has 0 fully saturated rings. The number of rotatable bonds is 3. The van der Waals surface area contributed by atoms with E-state index in [4.69, 9.17) is 11.6 Å². The van der Waals surface area contributed by atoms with Gasteiger partial charge in [0.2, 0.25) is 0 Å². The van der Waals surface area contributed by atoms with Crippen LogP contribution < -0.4 is 0 Å². The molecule has 0 unspecified atom stereocenters. The molecular formula is C11H10ClN3O2. The molecule has 0 bridgehead atoms. The second kappa shape index (κ2) is 4.97. The Kier molecular flexibility index (Phi) is 3.39. The van der Waals surface area contributed by atoms with Crippen molar-refractivity contribution in [3.05, 3.63) is 41.4 Å². The van der Waals surface area contributed by atoms with Crippen LogP contribution in [0.25, 0.3) is 5.69 Å². The van der Waals surface area contributed by atoms with E-state index < -0.39 is 0 Å². The second-order valence-electron chi connectivity index (χ2n) is 3.37. The van der Waals surface area contributed by atoms with Gasteiger partial charge in [0, 0.05) is 5.02 Å². The molecule has 1 aromatic heterocycles. The number of nitrogens with zero attached hydrogens (tertiary/aromatic N) is 3. The summed E-state index contributed by atoms with van der Waals surface area (Å²) in [5, 5.41) is 4.58. The van der Waals surface area contributed by atoms with Crippen molar-refractivity contribution in [2.45, 2.75) is 6.42 Å². The Morgan fingerprint density at radius 1 is 1.53 bits per heavy atom. The number of carbonyl (C=O) groups is 1. The predicted molar refractivity (Wildman–Crippen MR) is 62.1 cm³/mol. The molecule has 0 aliphatic carbocycles. The second-order valence-corrected chi connectivity index (χ2v) is 3.80. The van der Waals surface area contributed by atoms with Gasteiger partial charge in [-0.05, 0) is 23.8 Å². The molecule has 1 heterocycles. The summed E-state index contributed by atoms with van der Waals surface area (Å²) in [4.78, 5) is 15.2. The fourth-order valence-electron chi connectivity index (χ4n) is 1.48. The maximum Gasteiger partial charge on any atom is 0.310 e. The molecule has 0 N–H and O–H groups in total. The Hall–Kier alpha value is -1.88. The van der Waals surface area contributed by atoms with Gasteiger partial charge in [-0.2, -0.15) is 5.10 Å². The van der Waals surface area contributed by atoms with Crippen LogP contribution in [0.15, 0.2) is 30.9 Å². The fourth-order valence-corrected chi connectivity index (χ4v) is 1.67. The fraction of sp³-hybridized carbons (Fsp3) is 0.182. The van der Waals surface area contributed by atoms with Crippen LogP contribution in [0.5, 0.6) is 0 Å². The molecule has 88 valence electrons. The van der Waals surface area contributed by atoms with Crippen LogP contribution >= 0.6 is 11.6 Å². The molecule has 0 aliphatic heterocycles. The van der Waals surface area contributed by atoms with Crippen molar-refractivity contribution < 1.29 is 9.53 Å². The quantitative estimate of drug-likeness (QED) is 0.778. The molecule has 6 heteroatoms. The highest BCUT2D eigenvalue weighted by atomic mass is 35.5. The summed E-state index contributed by atoms with van der Waals surface area (Å²) in [5.74, 6) is -0.325. The number of carbonyl (C=O) groups excluding carboxylic acids is 1. The summed E-state index contributed by atoms with van der Waals surface area (Å²) in [6.07, 6.45) is 3.13. The minimum absolute atomic E-state index is 0.145. The molecule has 2 rings (SSSR count). The Morgan fingerprint density at radius 2 is 2.35 bits per heavy atom. The van der Waals surface area contributed by atoms with Crippen LogP contribution in [-0.2, 0) is 16.0 Å². The molecule has 2 aromatic rings. The number of hydrogen-bond donors (Lipinski definition) is 0. The van der Waals surface area contributed by atoms with Crippen molar-refractivity contribution in [3.63, 3.8) is 0 Å². The first-order chi connectivity index (χ1) is 8.20. The van der Waals surface area contributed by atoms with E-state index in [0.717, 1.165) is 11.3 Å². The summed E-state index contributed by atoms with van der Waals surface area (Å²) in [5.41, 5.74) is 1.51. The van der Waals surface area contributed by atoms with Gasteiger partial charge in [0.1, 0.15) is 12.7 Å². The predicted octanol–water partition coefficient (Wildman–Crippen LogP) is 1.64. The van der Waals surface area contributed by atoms with Crippen molar-refractivity contribution in [2.24, 2.45) is 0 Å². The van der Waals surface area contributed by atoms with Crippen LogP contribution in [0, 0.1) is 0 Å². The third-order valence-corrected chi connectivity index (χ3v) is 2.50. The van der Waals surface area contributed by atoms with Crippen molar-refractivity contribution in [1.82, 2.24) is 14.8 Å². The molecule has 0 amide bonds. The first kappa shape index (κ1) is 11.6. The molecule has 0 aliphatic rings. The SMILES string of the molecule is COC(=O)Cc1cc(Cl)ccc1-n1cncn1. The standard InChI is InChI=1S/C11H10ClN3O2/c1-17-11(16)5-8-4-9(12)2-3-10(8)15-7-13-6-14-15/h2-4,6-7H,5H2,1H3. The van der Waals surface area contributed by atoms with E-state index in [0.29, 0.717) is 5.02 Å². The minimum Gasteiger partial charge on any atom is -0.469 e. The minimum atomic E-state index is -0.325. The van der Waals surface area contributed by atoms with Gasteiger partial charge in [-0.3, -0.25) is 4.79 Å². The summed E-state index contributed by atoms with van der Waals surface area (Å²) in [6, 6.07) is 5.24. The van der Waals surface area contributed by atoms with Crippen molar-refractivity contribution in [3.8, 4) is 5.69 Å². The maximum absolute atomic E-state index is 11.3. The smallest absolute Gasteiger partial charge is 0.310 e. The zero-order valence-corrected chi connectivity index (χ0v) is 9.89. The number of benzene rings is 1. The highest BCUT2D eigenvalue weighted by molar-refractivity contribution is 6.30. The van der Waals surface area contributed by atoms with Gasteiger partial charge in [0.25, 0.3) is 0 Å². The number of ether oxygens (including phenoxy) is 1. The normalized spacial score (nSPS) is 10.2. The zero-order chi connectivity index (χ0) is 12.3. The molecule has 0 saturated carbocycles. The summed E-state index contributed by atoms with van der Waals surface area (Å²) in [6.45, 7) is 0. The third kappa shape index (κ3) is 2.62. The van der Waals surface area contributed by atoms with Gasteiger partial charge in [0.15, 0.2) is 0 Å². The van der Waals surface area contributed by atoms with Crippen LogP contribution in [0.4, 0.5) is 0 Å². The lowest BCUT2D eigenvalue weighted by atomic mass is 10.1.